The Hall–Kier alpha value is -2.68. The number of aromatic nitrogens is 2. The second-order valence-corrected chi connectivity index (χ2v) is 8.26. The van der Waals surface area contributed by atoms with Gasteiger partial charge in [0.1, 0.15) is 5.69 Å². The normalized spacial score (nSPS) is 17.5. The molecule has 30 heavy (non-hydrogen) atoms. The highest BCUT2D eigenvalue weighted by Gasteiger charge is 2.31. The molecule has 0 aliphatic carbocycles. The van der Waals surface area contributed by atoms with E-state index in [0.29, 0.717) is 29.6 Å². The van der Waals surface area contributed by atoms with E-state index in [9.17, 15) is 10.1 Å². The molecule has 6 nitrogen and oxygen atoms in total. The van der Waals surface area contributed by atoms with Gasteiger partial charge in [0.25, 0.3) is 0 Å². The summed E-state index contributed by atoms with van der Waals surface area (Å²) in [6, 6.07) is 9.72. The van der Waals surface area contributed by atoms with Gasteiger partial charge in [0, 0.05) is 13.1 Å². The Morgan fingerprint density at radius 3 is 2.67 bits per heavy atom. The van der Waals surface area contributed by atoms with Crippen molar-refractivity contribution in [3.05, 3.63) is 30.0 Å². The molecule has 0 spiro atoms. The van der Waals surface area contributed by atoms with Gasteiger partial charge in [0.15, 0.2) is 11.7 Å². The minimum Gasteiger partial charge on any atom is -0.464 e. The van der Waals surface area contributed by atoms with E-state index in [1.54, 1.807) is 0 Å². The van der Waals surface area contributed by atoms with Gasteiger partial charge in [-0.2, -0.15) is 5.26 Å². The van der Waals surface area contributed by atoms with E-state index in [2.05, 4.69) is 24.8 Å². The number of carbonyl (C=O) groups is 1. The number of hydrogen-bond donors (Lipinski definition) is 0. The highest BCUT2D eigenvalue weighted by Crippen LogP contribution is 2.30. The fraction of sp³-hybridized carbons (Fsp3) is 0.583. The largest absolute Gasteiger partial charge is 0.464 e. The molecule has 2 aromatic rings. The zero-order valence-electron chi connectivity index (χ0n) is 18.1. The van der Waals surface area contributed by atoms with Crippen LogP contribution in [0.5, 0.6) is 0 Å². The maximum Gasteiger partial charge on any atom is 0.329 e. The topological polar surface area (TPSA) is 79.1 Å². The van der Waals surface area contributed by atoms with Gasteiger partial charge in [-0.05, 0) is 37.3 Å². The minimum atomic E-state index is -1.06. The van der Waals surface area contributed by atoms with Gasteiger partial charge in [0.05, 0.1) is 23.7 Å². The first kappa shape index (κ1) is 22.0. The summed E-state index contributed by atoms with van der Waals surface area (Å²) in [6.45, 7) is 6.44. The Morgan fingerprint density at radius 2 is 1.97 bits per heavy atom. The Morgan fingerprint density at radius 1 is 1.23 bits per heavy atom. The summed E-state index contributed by atoms with van der Waals surface area (Å²) in [6.07, 6.45) is 7.61. The van der Waals surface area contributed by atoms with Crippen molar-refractivity contribution in [1.82, 2.24) is 9.97 Å². The molecular weight excluding hydrogens is 376 g/mol. The summed E-state index contributed by atoms with van der Waals surface area (Å²) in [4.78, 5) is 24.5. The van der Waals surface area contributed by atoms with Crippen LogP contribution < -0.4 is 4.90 Å². The number of fused-ring (bicyclic) bond motifs is 1. The summed E-state index contributed by atoms with van der Waals surface area (Å²) >= 11 is 0. The van der Waals surface area contributed by atoms with Crippen molar-refractivity contribution in [2.75, 3.05) is 24.6 Å². The van der Waals surface area contributed by atoms with Gasteiger partial charge >= 0.3 is 5.97 Å². The number of piperidine rings is 1. The Balaban J connectivity index is 1.83. The van der Waals surface area contributed by atoms with Crippen molar-refractivity contribution in [2.24, 2.45) is 5.92 Å². The number of para-hydroxylation sites is 2. The molecule has 1 aromatic heterocycles. The van der Waals surface area contributed by atoms with Gasteiger partial charge in [-0.25, -0.2) is 9.97 Å². The summed E-state index contributed by atoms with van der Waals surface area (Å²) in [7, 11) is 0. The second-order valence-electron chi connectivity index (χ2n) is 8.26. The van der Waals surface area contributed by atoms with E-state index < -0.39 is 11.9 Å². The third kappa shape index (κ3) is 5.47. The van der Waals surface area contributed by atoms with Crippen molar-refractivity contribution < 1.29 is 9.53 Å². The zero-order chi connectivity index (χ0) is 21.3. The number of ether oxygens (including phenoxy) is 1. The summed E-state index contributed by atoms with van der Waals surface area (Å²) in [5.41, 5.74) is 1.88. The fourth-order valence-corrected chi connectivity index (χ4v) is 4.00. The van der Waals surface area contributed by atoms with E-state index in [1.165, 1.54) is 19.3 Å². The third-order valence-electron chi connectivity index (χ3n) is 5.67. The zero-order valence-corrected chi connectivity index (χ0v) is 18.1. The van der Waals surface area contributed by atoms with Gasteiger partial charge in [-0.15, -0.1) is 0 Å². The summed E-state index contributed by atoms with van der Waals surface area (Å²) < 4.78 is 5.46. The molecule has 0 radical (unpaired) electrons. The molecular formula is C24H32N4O2. The lowest BCUT2D eigenvalue weighted by Gasteiger charge is -2.33. The molecule has 0 N–H and O–H groups in total. The first-order valence-corrected chi connectivity index (χ1v) is 11.2. The van der Waals surface area contributed by atoms with Crippen LogP contribution in [0, 0.1) is 17.2 Å². The van der Waals surface area contributed by atoms with Crippen LogP contribution >= 0.6 is 0 Å². The van der Waals surface area contributed by atoms with Crippen molar-refractivity contribution in [3.63, 3.8) is 0 Å². The van der Waals surface area contributed by atoms with E-state index in [1.807, 2.05) is 24.3 Å². The van der Waals surface area contributed by atoms with E-state index in [4.69, 9.17) is 14.7 Å². The lowest BCUT2D eigenvalue weighted by atomic mass is 9.99. The van der Waals surface area contributed by atoms with E-state index >= 15 is 0 Å². The van der Waals surface area contributed by atoms with E-state index in [0.717, 1.165) is 44.3 Å². The van der Waals surface area contributed by atoms with Gasteiger partial charge < -0.3 is 9.64 Å². The van der Waals surface area contributed by atoms with Crippen LogP contribution in [-0.2, 0) is 9.53 Å². The Kier molecular flexibility index (Phi) is 8.01. The first-order valence-electron chi connectivity index (χ1n) is 11.2. The number of nitrogens with zero attached hydrogens (tertiary/aromatic N) is 4. The maximum atomic E-state index is 12.8. The van der Waals surface area contributed by atoms with Gasteiger partial charge in [-0.3, -0.25) is 4.79 Å². The van der Waals surface area contributed by atoms with Gasteiger partial charge in [-0.1, -0.05) is 51.7 Å². The minimum absolute atomic E-state index is 0.345. The van der Waals surface area contributed by atoms with Crippen LogP contribution in [0.1, 0.15) is 70.4 Å². The third-order valence-corrected chi connectivity index (χ3v) is 5.67. The van der Waals surface area contributed by atoms with Crippen molar-refractivity contribution in [1.29, 1.82) is 5.26 Å². The smallest absolute Gasteiger partial charge is 0.329 e. The molecule has 1 aliphatic heterocycles. The summed E-state index contributed by atoms with van der Waals surface area (Å²) in [5.74, 6) is -0.406. The number of esters is 1. The molecule has 1 fully saturated rings. The monoisotopic (exact) mass is 408 g/mol. The average molecular weight is 409 g/mol. The molecule has 0 unspecified atom stereocenters. The molecule has 6 heteroatoms. The molecule has 1 saturated heterocycles. The molecule has 2 atom stereocenters. The Bertz CT molecular complexity index is 892. The molecule has 0 amide bonds. The maximum absolute atomic E-state index is 12.8. The average Bonchev–Trinajstić information content (AvgIpc) is 2.76. The van der Waals surface area contributed by atoms with Crippen LogP contribution in [-0.4, -0.2) is 35.6 Å². The predicted molar refractivity (Wildman–Crippen MR) is 118 cm³/mol. The molecule has 1 aromatic carbocycles. The molecule has 160 valence electrons. The van der Waals surface area contributed by atoms with E-state index in [-0.39, 0.29) is 0 Å². The fourth-order valence-electron chi connectivity index (χ4n) is 4.00. The SMILES string of the molecule is CCCCCCCOC(=O)[C@H](C#N)c1nc2ccccc2nc1N1CCC[C@@H](C)C1. The highest BCUT2D eigenvalue weighted by molar-refractivity contribution is 5.85. The van der Waals surface area contributed by atoms with Crippen LogP contribution in [0.15, 0.2) is 24.3 Å². The molecule has 0 saturated carbocycles. The number of carbonyl (C=O) groups excluding carboxylic acids is 1. The first-order chi connectivity index (χ1) is 14.6. The van der Waals surface area contributed by atoms with Crippen LogP contribution in [0.4, 0.5) is 5.82 Å². The molecule has 3 rings (SSSR count). The van der Waals surface area contributed by atoms with Crippen molar-refractivity contribution in [2.45, 2.75) is 64.7 Å². The number of unbranched alkanes of at least 4 members (excludes halogenated alkanes) is 4. The highest BCUT2D eigenvalue weighted by atomic mass is 16.5. The Labute approximate surface area is 179 Å². The number of nitriles is 1. The molecule has 0 bridgehead atoms. The lowest BCUT2D eigenvalue weighted by Crippen LogP contribution is -2.36. The number of hydrogen-bond acceptors (Lipinski definition) is 6. The second kappa shape index (κ2) is 10.9. The van der Waals surface area contributed by atoms with Crippen LogP contribution in [0.25, 0.3) is 11.0 Å². The number of anilines is 1. The van der Waals surface area contributed by atoms with Crippen LogP contribution in [0.3, 0.4) is 0 Å². The predicted octanol–water partition coefficient (Wildman–Crippen LogP) is 4.99. The summed E-state index contributed by atoms with van der Waals surface area (Å²) in [5, 5.41) is 9.83. The molecule has 2 heterocycles. The standard InChI is InChI=1S/C24H32N4O2/c1-3-4-5-6-9-15-30-24(29)19(16-25)22-23(28-14-10-11-18(2)17-28)27-21-13-8-7-12-20(21)26-22/h7-8,12-13,18-19H,3-6,9-11,14-15,17H2,1-2H3/t18-,19-/m1/s1. The van der Waals surface area contributed by atoms with Gasteiger partial charge in [0.2, 0.25) is 0 Å². The number of rotatable bonds is 9. The lowest BCUT2D eigenvalue weighted by molar-refractivity contribution is -0.144. The van der Waals surface area contributed by atoms with Crippen molar-refractivity contribution in [3.8, 4) is 6.07 Å². The van der Waals surface area contributed by atoms with Crippen molar-refractivity contribution >= 4 is 22.8 Å². The number of benzene rings is 1. The molecule has 1 aliphatic rings. The van der Waals surface area contributed by atoms with Crippen LogP contribution in [0.2, 0.25) is 0 Å². The quantitative estimate of drug-likeness (QED) is 0.430.